The van der Waals surface area contributed by atoms with E-state index in [0.29, 0.717) is 18.7 Å². The number of benzene rings is 2. The van der Waals surface area contributed by atoms with Gasteiger partial charge in [0.15, 0.2) is 0 Å². The number of piperidine rings is 1. The Bertz CT molecular complexity index is 1010. The lowest BCUT2D eigenvalue weighted by Crippen LogP contribution is -2.40. The number of amides is 1. The number of likely N-dealkylation sites (tertiary alicyclic amines) is 1. The van der Waals surface area contributed by atoms with E-state index in [-0.39, 0.29) is 17.5 Å². The summed E-state index contributed by atoms with van der Waals surface area (Å²) in [6.45, 7) is 1.81. The van der Waals surface area contributed by atoms with Crippen LogP contribution in [0, 0.1) is 0 Å². The fourth-order valence-corrected chi connectivity index (χ4v) is 3.88. The third-order valence-electron chi connectivity index (χ3n) is 5.31. The van der Waals surface area contributed by atoms with E-state index in [1.165, 1.54) is 4.68 Å². The molecule has 1 aromatic heterocycles. The summed E-state index contributed by atoms with van der Waals surface area (Å²) in [4.78, 5) is 27.4. The third-order valence-corrected chi connectivity index (χ3v) is 5.31. The molecule has 1 amide bonds. The summed E-state index contributed by atoms with van der Waals surface area (Å²) in [6, 6.07) is 19.3. The molecule has 3 aromatic rings. The van der Waals surface area contributed by atoms with E-state index >= 15 is 0 Å². The highest BCUT2D eigenvalue weighted by atomic mass is 16.2. The molecule has 1 saturated heterocycles. The summed E-state index contributed by atoms with van der Waals surface area (Å²) in [7, 11) is 1.68. The molecule has 1 atom stereocenters. The first kappa shape index (κ1) is 18.2. The molecule has 0 radical (unpaired) electrons. The fraction of sp³-hybridized carbons (Fsp3) is 0.318. The van der Waals surface area contributed by atoms with E-state index in [9.17, 15) is 9.59 Å². The van der Waals surface area contributed by atoms with Gasteiger partial charge in [-0.3, -0.25) is 9.36 Å². The number of hydrogen-bond donors (Lipinski definition) is 0. The topological polar surface area (TPSA) is 60.1 Å². The Morgan fingerprint density at radius 1 is 1.07 bits per heavy atom. The maximum atomic E-state index is 12.9. The van der Waals surface area contributed by atoms with Gasteiger partial charge in [-0.1, -0.05) is 48.5 Å². The molecule has 0 spiro atoms. The largest absolute Gasteiger partial charge is 0.345 e. The monoisotopic (exact) mass is 376 g/mol. The Morgan fingerprint density at radius 3 is 2.46 bits per heavy atom. The highest BCUT2D eigenvalue weighted by Gasteiger charge is 2.29. The minimum absolute atomic E-state index is 0.0400. The predicted octanol–water partition coefficient (Wildman–Crippen LogP) is 2.65. The zero-order chi connectivity index (χ0) is 19.5. The van der Waals surface area contributed by atoms with Gasteiger partial charge >= 0.3 is 5.69 Å². The molecule has 0 N–H and O–H groups in total. The number of carbonyl (C=O) groups excluding carboxylic acids is 1. The van der Waals surface area contributed by atoms with Gasteiger partial charge in [0.2, 0.25) is 0 Å². The van der Waals surface area contributed by atoms with Crippen LogP contribution in [-0.4, -0.2) is 38.2 Å². The summed E-state index contributed by atoms with van der Waals surface area (Å²) in [5.74, 6) is 0.860. The van der Waals surface area contributed by atoms with Crippen LogP contribution in [0.15, 0.2) is 65.5 Å². The molecule has 1 fully saturated rings. The minimum Gasteiger partial charge on any atom is -0.338 e. The molecule has 4 rings (SSSR count). The van der Waals surface area contributed by atoms with Crippen molar-refractivity contribution < 1.29 is 4.79 Å². The van der Waals surface area contributed by atoms with E-state index < -0.39 is 0 Å². The quantitative estimate of drug-likeness (QED) is 0.703. The highest BCUT2D eigenvalue weighted by Crippen LogP contribution is 2.26. The van der Waals surface area contributed by atoms with E-state index in [2.05, 4.69) is 5.10 Å². The molecule has 1 aliphatic heterocycles. The van der Waals surface area contributed by atoms with Crippen LogP contribution in [0.25, 0.3) is 0 Å². The molecule has 0 bridgehead atoms. The molecular weight excluding hydrogens is 352 g/mol. The lowest BCUT2D eigenvalue weighted by molar-refractivity contribution is 0.0703. The van der Waals surface area contributed by atoms with Gasteiger partial charge in [-0.15, -0.1) is 0 Å². The van der Waals surface area contributed by atoms with Gasteiger partial charge in [-0.25, -0.2) is 9.48 Å². The van der Waals surface area contributed by atoms with Crippen molar-refractivity contribution in [2.24, 2.45) is 7.05 Å². The van der Waals surface area contributed by atoms with Crippen LogP contribution in [-0.2, 0) is 13.6 Å². The fourth-order valence-electron chi connectivity index (χ4n) is 3.88. The average molecular weight is 376 g/mol. The smallest absolute Gasteiger partial charge is 0.338 e. The van der Waals surface area contributed by atoms with Gasteiger partial charge in [0, 0.05) is 31.6 Å². The third kappa shape index (κ3) is 3.63. The average Bonchev–Trinajstić information content (AvgIpc) is 3.03. The minimum atomic E-state index is -0.120. The van der Waals surface area contributed by atoms with Crippen molar-refractivity contribution in [3.8, 4) is 0 Å². The van der Waals surface area contributed by atoms with Crippen molar-refractivity contribution in [1.82, 2.24) is 19.2 Å². The van der Waals surface area contributed by atoms with Gasteiger partial charge in [-0.2, -0.15) is 5.10 Å². The second-order valence-corrected chi connectivity index (χ2v) is 7.29. The number of carbonyl (C=O) groups is 1. The maximum absolute atomic E-state index is 12.9. The highest BCUT2D eigenvalue weighted by molar-refractivity contribution is 5.94. The molecule has 0 aliphatic carbocycles. The first-order chi connectivity index (χ1) is 13.6. The molecule has 2 aromatic carbocycles. The van der Waals surface area contributed by atoms with E-state index in [4.69, 9.17) is 0 Å². The maximum Gasteiger partial charge on any atom is 0.345 e. The Balaban J connectivity index is 1.59. The van der Waals surface area contributed by atoms with Crippen molar-refractivity contribution in [1.29, 1.82) is 0 Å². The summed E-state index contributed by atoms with van der Waals surface area (Å²) < 4.78 is 3.15. The normalized spacial score (nSPS) is 16.9. The molecule has 144 valence electrons. The molecule has 6 nitrogen and oxygen atoms in total. The number of aryl methyl sites for hydroxylation is 1. The Morgan fingerprint density at radius 2 is 1.75 bits per heavy atom. The molecule has 28 heavy (non-hydrogen) atoms. The first-order valence-electron chi connectivity index (χ1n) is 9.65. The van der Waals surface area contributed by atoms with Crippen molar-refractivity contribution in [2.45, 2.75) is 25.3 Å². The summed E-state index contributed by atoms with van der Waals surface area (Å²) >= 11 is 0. The van der Waals surface area contributed by atoms with E-state index in [1.807, 2.05) is 65.6 Å². The standard InChI is InChI=1S/C22H24N4O2/c1-24-22(28)26(15-17-9-4-2-5-10-17)20(23-24)19-13-8-14-25(16-19)21(27)18-11-6-3-7-12-18/h2-7,9-12,19H,8,13-16H2,1H3. The number of aromatic nitrogens is 3. The lowest BCUT2D eigenvalue weighted by atomic mass is 9.96. The molecule has 2 heterocycles. The van der Waals surface area contributed by atoms with Crippen LogP contribution in [0.2, 0.25) is 0 Å². The van der Waals surface area contributed by atoms with E-state index in [0.717, 1.165) is 30.8 Å². The van der Waals surface area contributed by atoms with Crippen molar-refractivity contribution in [2.75, 3.05) is 13.1 Å². The zero-order valence-electron chi connectivity index (χ0n) is 16.0. The van der Waals surface area contributed by atoms with Crippen LogP contribution < -0.4 is 5.69 Å². The summed E-state index contributed by atoms with van der Waals surface area (Å²) in [5.41, 5.74) is 1.64. The Hall–Kier alpha value is -3.15. The second kappa shape index (κ2) is 7.84. The zero-order valence-corrected chi connectivity index (χ0v) is 16.0. The Kier molecular flexibility index (Phi) is 5.10. The van der Waals surface area contributed by atoms with Crippen LogP contribution in [0.5, 0.6) is 0 Å². The molecule has 6 heteroatoms. The predicted molar refractivity (Wildman–Crippen MR) is 107 cm³/mol. The number of nitrogens with zero attached hydrogens (tertiary/aromatic N) is 4. The molecule has 1 unspecified atom stereocenters. The van der Waals surface area contributed by atoms with Gasteiger partial charge in [0.25, 0.3) is 5.91 Å². The first-order valence-corrected chi connectivity index (χ1v) is 9.65. The molecular formula is C22H24N4O2. The van der Waals surface area contributed by atoms with Crippen molar-refractivity contribution in [3.05, 3.63) is 88.1 Å². The van der Waals surface area contributed by atoms with Crippen LogP contribution in [0.3, 0.4) is 0 Å². The molecule has 1 aliphatic rings. The van der Waals surface area contributed by atoms with Gasteiger partial charge < -0.3 is 4.90 Å². The van der Waals surface area contributed by atoms with E-state index in [1.54, 1.807) is 11.6 Å². The van der Waals surface area contributed by atoms with Crippen molar-refractivity contribution in [3.63, 3.8) is 0 Å². The van der Waals surface area contributed by atoms with Gasteiger partial charge in [0.05, 0.1) is 6.54 Å². The van der Waals surface area contributed by atoms with Crippen molar-refractivity contribution >= 4 is 5.91 Å². The van der Waals surface area contributed by atoms with Crippen LogP contribution in [0.4, 0.5) is 0 Å². The lowest BCUT2D eigenvalue weighted by Gasteiger charge is -2.32. The van der Waals surface area contributed by atoms with Crippen LogP contribution >= 0.6 is 0 Å². The summed E-state index contributed by atoms with van der Waals surface area (Å²) in [5, 5.41) is 4.53. The van der Waals surface area contributed by atoms with Gasteiger partial charge in [-0.05, 0) is 30.5 Å². The van der Waals surface area contributed by atoms with Crippen LogP contribution in [0.1, 0.15) is 40.5 Å². The Labute approximate surface area is 164 Å². The van der Waals surface area contributed by atoms with Gasteiger partial charge in [0.1, 0.15) is 5.82 Å². The molecule has 0 saturated carbocycles. The SMILES string of the molecule is Cn1nc(C2CCCN(C(=O)c3ccccc3)C2)n(Cc2ccccc2)c1=O. The number of hydrogen-bond acceptors (Lipinski definition) is 3. The number of rotatable bonds is 4. The second-order valence-electron chi connectivity index (χ2n) is 7.29. The summed E-state index contributed by atoms with van der Waals surface area (Å²) in [6.07, 6.45) is 1.82.